The van der Waals surface area contributed by atoms with Crippen molar-refractivity contribution in [2.75, 3.05) is 0 Å². The molecular weight excluding hydrogens is 707 g/mol. The lowest BCUT2D eigenvalue weighted by atomic mass is 10.2. The summed E-state index contributed by atoms with van der Waals surface area (Å²) in [4.78, 5) is 27.0. The zero-order valence-electron chi connectivity index (χ0n) is 16.9. The summed E-state index contributed by atoms with van der Waals surface area (Å²) in [6.07, 6.45) is 1.73. The maximum Gasteiger partial charge on any atom is 0.293 e. The van der Waals surface area contributed by atoms with Crippen LogP contribution in [0.15, 0.2) is 65.6 Å². The fraction of sp³-hybridized carbons (Fsp3) is 0.0833. The van der Waals surface area contributed by atoms with Crippen LogP contribution in [0.5, 0.6) is 5.75 Å². The molecule has 0 atom stereocenters. The molecule has 3 aromatic rings. The molecule has 0 N–H and O–H groups in total. The van der Waals surface area contributed by atoms with Gasteiger partial charge in [0.2, 0.25) is 0 Å². The molecule has 4 nitrogen and oxygen atoms in total. The summed E-state index contributed by atoms with van der Waals surface area (Å²) >= 11 is 17.8. The minimum Gasteiger partial charge on any atom is -0.487 e. The number of carbonyl (C=O) groups excluding carboxylic acids is 2. The van der Waals surface area contributed by atoms with Crippen LogP contribution in [0.1, 0.15) is 16.7 Å². The normalized spacial score (nSPS) is 14.9. The predicted octanol–water partition coefficient (Wildman–Crippen LogP) is 8.02. The van der Waals surface area contributed by atoms with E-state index in [9.17, 15) is 9.59 Å². The van der Waals surface area contributed by atoms with Crippen LogP contribution in [0.3, 0.4) is 0 Å². The van der Waals surface area contributed by atoms with Crippen LogP contribution in [0.25, 0.3) is 6.08 Å². The maximum atomic E-state index is 12.9. The topological polar surface area (TPSA) is 46.6 Å². The quantitative estimate of drug-likeness (QED) is 0.191. The number of carbonyl (C=O) groups is 2. The smallest absolute Gasteiger partial charge is 0.293 e. The molecule has 1 fully saturated rings. The van der Waals surface area contributed by atoms with E-state index >= 15 is 0 Å². The monoisotopic (exact) mass is 721 g/mol. The molecule has 3 aromatic carbocycles. The van der Waals surface area contributed by atoms with Crippen LogP contribution in [0.4, 0.5) is 4.79 Å². The Labute approximate surface area is 232 Å². The molecule has 168 valence electrons. The summed E-state index contributed by atoms with van der Waals surface area (Å²) in [5.74, 6) is 0.425. The van der Waals surface area contributed by atoms with Crippen LogP contribution in [0, 0.1) is 7.14 Å². The predicted molar refractivity (Wildman–Crippen MR) is 151 cm³/mol. The Balaban J connectivity index is 1.52. The number of ether oxygens (including phenoxy) is 1. The van der Waals surface area contributed by atoms with Gasteiger partial charge in [-0.25, -0.2) is 0 Å². The van der Waals surface area contributed by atoms with E-state index in [2.05, 4.69) is 45.2 Å². The van der Waals surface area contributed by atoms with Crippen LogP contribution >= 0.6 is 80.1 Å². The SMILES string of the molecule is O=C1S/C(=C/c2cc(I)c(OCc3ccccc3)c(I)c2)C(=O)N1Cc1c(Cl)cccc1Cl. The van der Waals surface area contributed by atoms with Crippen molar-refractivity contribution in [2.24, 2.45) is 0 Å². The van der Waals surface area contributed by atoms with Crippen molar-refractivity contribution in [3.8, 4) is 5.75 Å². The second kappa shape index (κ2) is 11.0. The fourth-order valence-corrected chi connectivity index (χ4v) is 6.64. The van der Waals surface area contributed by atoms with Crippen molar-refractivity contribution in [1.82, 2.24) is 4.90 Å². The minimum atomic E-state index is -0.365. The number of halogens is 4. The number of imide groups is 1. The van der Waals surface area contributed by atoms with Crippen molar-refractivity contribution < 1.29 is 14.3 Å². The lowest BCUT2D eigenvalue weighted by Crippen LogP contribution is -2.27. The highest BCUT2D eigenvalue weighted by Crippen LogP contribution is 2.37. The van der Waals surface area contributed by atoms with E-state index in [1.165, 1.54) is 0 Å². The van der Waals surface area contributed by atoms with Gasteiger partial charge < -0.3 is 4.74 Å². The number of thioether (sulfide) groups is 1. The van der Waals surface area contributed by atoms with E-state index in [4.69, 9.17) is 27.9 Å². The largest absolute Gasteiger partial charge is 0.487 e. The van der Waals surface area contributed by atoms with Gasteiger partial charge in [-0.2, -0.15) is 0 Å². The molecule has 0 aromatic heterocycles. The Hall–Kier alpha value is -1.27. The second-order valence-electron chi connectivity index (χ2n) is 7.06. The van der Waals surface area contributed by atoms with Gasteiger partial charge in [-0.15, -0.1) is 0 Å². The van der Waals surface area contributed by atoms with Gasteiger partial charge >= 0.3 is 0 Å². The van der Waals surface area contributed by atoms with E-state index in [0.29, 0.717) is 27.1 Å². The molecule has 1 heterocycles. The maximum absolute atomic E-state index is 12.9. The third kappa shape index (κ3) is 5.87. The summed E-state index contributed by atoms with van der Waals surface area (Å²) in [6, 6.07) is 18.9. The Morgan fingerprint density at radius 3 is 2.21 bits per heavy atom. The minimum absolute atomic E-state index is 0.0296. The molecule has 1 aliphatic heterocycles. The van der Waals surface area contributed by atoms with Crippen LogP contribution in [-0.2, 0) is 17.9 Å². The second-order valence-corrected chi connectivity index (χ2v) is 11.2. The summed E-state index contributed by atoms with van der Waals surface area (Å²) in [6.45, 7) is 0.498. The first kappa shape index (κ1) is 24.8. The Morgan fingerprint density at radius 2 is 1.58 bits per heavy atom. The number of hydrogen-bond acceptors (Lipinski definition) is 4. The number of rotatable bonds is 6. The van der Waals surface area contributed by atoms with Crippen molar-refractivity contribution >= 4 is 97.4 Å². The summed E-state index contributed by atoms with van der Waals surface area (Å²) in [5.41, 5.74) is 2.45. The Morgan fingerprint density at radius 1 is 0.939 bits per heavy atom. The van der Waals surface area contributed by atoms with Gasteiger partial charge in [-0.1, -0.05) is 59.6 Å². The van der Waals surface area contributed by atoms with E-state index in [-0.39, 0.29) is 17.7 Å². The molecule has 9 heteroatoms. The van der Waals surface area contributed by atoms with Gasteiger partial charge in [0.05, 0.1) is 18.6 Å². The lowest BCUT2D eigenvalue weighted by Gasteiger charge is -2.14. The van der Waals surface area contributed by atoms with Crippen LogP contribution in [-0.4, -0.2) is 16.0 Å². The fourth-order valence-electron chi connectivity index (χ4n) is 3.16. The van der Waals surface area contributed by atoms with E-state index < -0.39 is 0 Å². The molecule has 4 rings (SSSR count). The lowest BCUT2D eigenvalue weighted by molar-refractivity contribution is -0.123. The van der Waals surface area contributed by atoms with Crippen molar-refractivity contribution in [2.45, 2.75) is 13.2 Å². The number of amides is 2. The van der Waals surface area contributed by atoms with Gasteiger partial charge in [-0.05, 0) is 98.4 Å². The average Bonchev–Trinajstić information content (AvgIpc) is 3.03. The third-order valence-electron chi connectivity index (χ3n) is 4.80. The highest BCUT2D eigenvalue weighted by atomic mass is 127. The number of nitrogens with zero attached hydrogens (tertiary/aromatic N) is 1. The molecule has 33 heavy (non-hydrogen) atoms. The van der Waals surface area contributed by atoms with Gasteiger partial charge in [0, 0.05) is 15.6 Å². The van der Waals surface area contributed by atoms with Crippen molar-refractivity contribution in [3.05, 3.63) is 99.4 Å². The molecule has 2 amide bonds. The molecule has 0 aliphatic carbocycles. The number of hydrogen-bond donors (Lipinski definition) is 0. The highest BCUT2D eigenvalue weighted by molar-refractivity contribution is 14.1. The first-order valence-corrected chi connectivity index (χ1v) is 13.4. The Kier molecular flexibility index (Phi) is 8.27. The van der Waals surface area contributed by atoms with Gasteiger partial charge in [0.15, 0.2) is 0 Å². The van der Waals surface area contributed by atoms with Crippen LogP contribution < -0.4 is 4.74 Å². The first-order valence-electron chi connectivity index (χ1n) is 9.67. The first-order chi connectivity index (χ1) is 15.8. The molecule has 0 radical (unpaired) electrons. The van der Waals surface area contributed by atoms with Gasteiger partial charge in [0.25, 0.3) is 11.1 Å². The molecule has 0 spiro atoms. The molecule has 0 bridgehead atoms. The highest BCUT2D eigenvalue weighted by Gasteiger charge is 2.35. The van der Waals surface area contributed by atoms with Gasteiger partial charge in [0.1, 0.15) is 12.4 Å². The molecular formula is C24H15Cl2I2NO3S. The van der Waals surface area contributed by atoms with Crippen molar-refractivity contribution in [1.29, 1.82) is 0 Å². The molecule has 1 aliphatic rings. The summed E-state index contributed by atoms with van der Waals surface area (Å²) in [7, 11) is 0. The summed E-state index contributed by atoms with van der Waals surface area (Å²) in [5, 5.41) is 0.482. The van der Waals surface area contributed by atoms with E-state index in [1.54, 1.807) is 24.3 Å². The summed E-state index contributed by atoms with van der Waals surface area (Å²) < 4.78 is 7.87. The zero-order valence-corrected chi connectivity index (χ0v) is 23.5. The van der Waals surface area contributed by atoms with Gasteiger partial charge in [-0.3, -0.25) is 14.5 Å². The third-order valence-corrected chi connectivity index (χ3v) is 8.01. The Bertz CT molecular complexity index is 1220. The average molecular weight is 722 g/mol. The standard InChI is InChI=1S/C24H15Cl2I2NO3S/c25-17-7-4-8-18(26)16(17)12-29-23(30)21(33-24(29)31)11-15-9-19(27)22(20(28)10-15)32-13-14-5-2-1-3-6-14/h1-11H,12-13H2/b21-11+. The molecule has 1 saturated heterocycles. The molecule has 0 unspecified atom stereocenters. The van der Waals surface area contributed by atoms with E-state index in [0.717, 1.165) is 40.7 Å². The van der Waals surface area contributed by atoms with Crippen molar-refractivity contribution in [3.63, 3.8) is 0 Å². The number of benzene rings is 3. The van der Waals surface area contributed by atoms with Crippen LogP contribution in [0.2, 0.25) is 10.0 Å². The zero-order chi connectivity index (χ0) is 23.5. The molecule has 0 saturated carbocycles. The van der Waals surface area contributed by atoms with E-state index in [1.807, 2.05) is 42.5 Å².